The highest BCUT2D eigenvalue weighted by atomic mass is 19.4. The van der Waals surface area contributed by atoms with Crippen LogP contribution in [0.4, 0.5) is 13.2 Å². The monoisotopic (exact) mass is 184 g/mol. The fourth-order valence-corrected chi connectivity index (χ4v) is 0.980. The van der Waals surface area contributed by atoms with Crippen LogP contribution in [0.15, 0.2) is 0 Å². The molecule has 2 atom stereocenters. The zero-order chi connectivity index (χ0) is 9.35. The van der Waals surface area contributed by atoms with E-state index in [4.69, 9.17) is 5.11 Å². The first-order chi connectivity index (χ1) is 5.41. The van der Waals surface area contributed by atoms with Crippen molar-refractivity contribution in [1.29, 1.82) is 0 Å². The minimum Gasteiger partial charge on any atom is -0.459 e. The largest absolute Gasteiger partial charge is 0.459 e. The van der Waals surface area contributed by atoms with E-state index in [1.54, 1.807) is 0 Å². The molecule has 0 bridgehead atoms. The van der Waals surface area contributed by atoms with Gasteiger partial charge in [-0.1, -0.05) is 0 Å². The summed E-state index contributed by atoms with van der Waals surface area (Å²) in [5, 5.41) is 8.60. The molecule has 3 nitrogen and oxygen atoms in total. The second-order valence-corrected chi connectivity index (χ2v) is 2.55. The number of aliphatic hydroxyl groups is 1. The van der Waals surface area contributed by atoms with Crippen molar-refractivity contribution in [2.45, 2.75) is 31.2 Å². The Bertz CT molecular complexity index is 189. The van der Waals surface area contributed by atoms with E-state index in [2.05, 4.69) is 4.74 Å². The molecule has 1 saturated heterocycles. The number of carbonyl (C=O) groups is 1. The first-order valence-electron chi connectivity index (χ1n) is 3.35. The molecule has 1 N–H and O–H groups in total. The quantitative estimate of drug-likeness (QED) is 0.607. The number of aliphatic hydroxyl groups excluding tert-OH is 1. The fraction of sp³-hybridized carbons (Fsp3) is 0.833. The van der Waals surface area contributed by atoms with Gasteiger partial charge in [0, 0.05) is 6.42 Å². The van der Waals surface area contributed by atoms with Crippen molar-refractivity contribution in [3.63, 3.8) is 0 Å². The molecule has 1 aliphatic heterocycles. The maximum atomic E-state index is 11.8. The lowest BCUT2D eigenvalue weighted by Crippen LogP contribution is -2.39. The molecule has 0 amide bonds. The number of ether oxygens (including phenoxy) is 1. The third-order valence-electron chi connectivity index (χ3n) is 1.60. The second-order valence-electron chi connectivity index (χ2n) is 2.55. The molecule has 1 rings (SSSR count). The molecule has 0 aliphatic carbocycles. The first kappa shape index (κ1) is 9.31. The highest BCUT2D eigenvalue weighted by Crippen LogP contribution is 2.28. The average Bonchev–Trinajstić information content (AvgIpc) is 2.32. The molecular weight excluding hydrogens is 177 g/mol. The molecular formula is C6H7F3O3. The number of cyclic esters (lactones) is 1. The lowest BCUT2D eigenvalue weighted by Gasteiger charge is -2.19. The van der Waals surface area contributed by atoms with Crippen molar-refractivity contribution < 1.29 is 27.8 Å². The molecule has 0 aromatic rings. The molecule has 0 radical (unpaired) electrons. The highest BCUT2D eigenvalue weighted by Gasteiger charge is 2.47. The summed E-state index contributed by atoms with van der Waals surface area (Å²) in [6, 6.07) is 0. The summed E-state index contributed by atoms with van der Waals surface area (Å²) in [7, 11) is 0. The van der Waals surface area contributed by atoms with E-state index in [1.807, 2.05) is 0 Å². The van der Waals surface area contributed by atoms with Crippen LogP contribution in [0.5, 0.6) is 0 Å². The van der Waals surface area contributed by atoms with Gasteiger partial charge < -0.3 is 9.84 Å². The number of hydrogen-bond acceptors (Lipinski definition) is 3. The third-order valence-corrected chi connectivity index (χ3v) is 1.60. The first-order valence-corrected chi connectivity index (χ1v) is 3.35. The number of esters is 1. The predicted molar refractivity (Wildman–Crippen MR) is 31.2 cm³/mol. The van der Waals surface area contributed by atoms with Crippen LogP contribution in [0.2, 0.25) is 0 Å². The van der Waals surface area contributed by atoms with Crippen LogP contribution >= 0.6 is 0 Å². The molecule has 0 aromatic carbocycles. The Morgan fingerprint density at radius 3 is 2.50 bits per heavy atom. The van der Waals surface area contributed by atoms with E-state index in [0.717, 1.165) is 0 Å². The van der Waals surface area contributed by atoms with Crippen LogP contribution in [0.1, 0.15) is 12.8 Å². The minimum atomic E-state index is -4.71. The van der Waals surface area contributed by atoms with Gasteiger partial charge in [0.2, 0.25) is 0 Å². The summed E-state index contributed by atoms with van der Waals surface area (Å²) in [4.78, 5) is 10.4. The van der Waals surface area contributed by atoms with Crippen LogP contribution in [0, 0.1) is 0 Å². The van der Waals surface area contributed by atoms with Gasteiger partial charge in [-0.2, -0.15) is 13.2 Å². The number of carbonyl (C=O) groups excluding carboxylic acids is 1. The van der Waals surface area contributed by atoms with E-state index < -0.39 is 24.4 Å². The molecule has 1 aliphatic rings. The molecule has 6 heteroatoms. The Labute approximate surface area is 66.1 Å². The second kappa shape index (κ2) is 2.93. The summed E-state index contributed by atoms with van der Waals surface area (Å²) < 4.78 is 39.6. The number of halogens is 3. The summed E-state index contributed by atoms with van der Waals surface area (Å²) in [5.41, 5.74) is 0. The normalized spacial score (nSPS) is 27.0. The van der Waals surface area contributed by atoms with E-state index in [0.29, 0.717) is 0 Å². The van der Waals surface area contributed by atoms with Crippen molar-refractivity contribution >= 4 is 5.97 Å². The Morgan fingerprint density at radius 2 is 2.17 bits per heavy atom. The Hall–Kier alpha value is -0.780. The fourth-order valence-electron chi connectivity index (χ4n) is 0.980. The summed E-state index contributed by atoms with van der Waals surface area (Å²) >= 11 is 0. The standard InChI is InChI=1S/C6H7F3O3/c7-6(8,9)5(11)3-1-2-4(10)12-3/h3,5,11H,1-2H2. The number of hydrogen-bond donors (Lipinski definition) is 1. The van der Waals surface area contributed by atoms with Crippen LogP contribution in [-0.4, -0.2) is 29.5 Å². The molecule has 12 heavy (non-hydrogen) atoms. The Morgan fingerprint density at radius 1 is 1.58 bits per heavy atom. The van der Waals surface area contributed by atoms with Crippen molar-refractivity contribution in [3.05, 3.63) is 0 Å². The van der Waals surface area contributed by atoms with E-state index in [1.165, 1.54) is 0 Å². The maximum Gasteiger partial charge on any atom is 0.418 e. The van der Waals surface area contributed by atoms with Crippen molar-refractivity contribution in [1.82, 2.24) is 0 Å². The molecule has 0 aromatic heterocycles. The molecule has 70 valence electrons. The zero-order valence-corrected chi connectivity index (χ0v) is 5.97. The van der Waals surface area contributed by atoms with E-state index >= 15 is 0 Å². The van der Waals surface area contributed by atoms with Crippen molar-refractivity contribution in [2.75, 3.05) is 0 Å². The predicted octanol–water partition coefficient (Wildman–Crippen LogP) is 0.615. The van der Waals surface area contributed by atoms with Gasteiger partial charge in [-0.15, -0.1) is 0 Å². The van der Waals surface area contributed by atoms with Gasteiger partial charge >= 0.3 is 12.1 Å². The van der Waals surface area contributed by atoms with Crippen LogP contribution in [0.25, 0.3) is 0 Å². The lowest BCUT2D eigenvalue weighted by molar-refractivity contribution is -0.230. The van der Waals surface area contributed by atoms with Gasteiger partial charge in [-0.05, 0) is 6.42 Å². The highest BCUT2D eigenvalue weighted by molar-refractivity contribution is 5.71. The molecule has 2 unspecified atom stereocenters. The Balaban J connectivity index is 2.54. The zero-order valence-electron chi connectivity index (χ0n) is 5.97. The number of alkyl halides is 3. The molecule has 1 heterocycles. The van der Waals surface area contributed by atoms with Gasteiger partial charge in [0.15, 0.2) is 6.10 Å². The van der Waals surface area contributed by atoms with Gasteiger partial charge in [0.25, 0.3) is 0 Å². The minimum absolute atomic E-state index is 0.0577. The Kier molecular flexibility index (Phi) is 2.27. The smallest absolute Gasteiger partial charge is 0.418 e. The van der Waals surface area contributed by atoms with Crippen LogP contribution in [0.3, 0.4) is 0 Å². The van der Waals surface area contributed by atoms with Gasteiger partial charge in [0.05, 0.1) is 0 Å². The van der Waals surface area contributed by atoms with Crippen molar-refractivity contribution in [3.8, 4) is 0 Å². The van der Waals surface area contributed by atoms with Crippen molar-refractivity contribution in [2.24, 2.45) is 0 Å². The van der Waals surface area contributed by atoms with Gasteiger partial charge in [0.1, 0.15) is 6.10 Å². The molecule has 0 saturated carbocycles. The van der Waals surface area contributed by atoms with Crippen LogP contribution < -0.4 is 0 Å². The number of rotatable bonds is 1. The lowest BCUT2D eigenvalue weighted by atomic mass is 10.1. The average molecular weight is 184 g/mol. The topological polar surface area (TPSA) is 46.5 Å². The summed E-state index contributed by atoms with van der Waals surface area (Å²) in [5.74, 6) is -0.691. The van der Waals surface area contributed by atoms with Gasteiger partial charge in [-0.25, -0.2) is 0 Å². The van der Waals surface area contributed by atoms with Gasteiger partial charge in [-0.3, -0.25) is 4.79 Å². The summed E-state index contributed by atoms with van der Waals surface area (Å²) in [6.45, 7) is 0. The SMILES string of the molecule is O=C1CCC(C(O)C(F)(F)F)O1. The van der Waals surface area contributed by atoms with Crippen LogP contribution in [-0.2, 0) is 9.53 Å². The third kappa shape index (κ3) is 1.88. The molecule has 0 spiro atoms. The maximum absolute atomic E-state index is 11.8. The summed E-state index contributed by atoms with van der Waals surface area (Å²) in [6.07, 6.45) is -8.81. The molecule has 1 fully saturated rings. The van der Waals surface area contributed by atoms with E-state index in [9.17, 15) is 18.0 Å². The van der Waals surface area contributed by atoms with E-state index in [-0.39, 0.29) is 12.8 Å².